The number of nitrogens with one attached hydrogen (secondary N) is 1. The summed E-state index contributed by atoms with van der Waals surface area (Å²) in [6.45, 7) is 3.21. The van der Waals surface area contributed by atoms with Crippen molar-refractivity contribution in [3.05, 3.63) is 24.3 Å². The number of benzene rings is 1. The lowest BCUT2D eigenvalue weighted by molar-refractivity contribution is 0.317. The summed E-state index contributed by atoms with van der Waals surface area (Å²) in [6.07, 6.45) is 0.495. The van der Waals surface area contributed by atoms with E-state index in [0.29, 0.717) is 19.6 Å². The minimum Gasteiger partial charge on any atom is -0.494 e. The van der Waals surface area contributed by atoms with Crippen LogP contribution in [-0.2, 0) is 0 Å². The van der Waals surface area contributed by atoms with Crippen LogP contribution in [0.5, 0.6) is 5.75 Å². The Bertz CT molecular complexity index is 353. The standard InChI is InChI=1S/C11H17N3O2/c1-2-16-10-5-3-4-9(8-10)13-7-6-11(12)14-15/h3-5,8,13,15H,2,6-7H2,1H3,(H2,12,14). The SMILES string of the molecule is CCOc1cccc(NCCC(N)=NO)c1. The summed E-state index contributed by atoms with van der Waals surface area (Å²) in [5.41, 5.74) is 6.31. The van der Waals surface area contributed by atoms with Crippen molar-refractivity contribution in [3.63, 3.8) is 0 Å². The van der Waals surface area contributed by atoms with Gasteiger partial charge >= 0.3 is 0 Å². The number of anilines is 1. The van der Waals surface area contributed by atoms with Crippen molar-refractivity contribution in [1.29, 1.82) is 0 Å². The molecular weight excluding hydrogens is 206 g/mol. The lowest BCUT2D eigenvalue weighted by Gasteiger charge is -2.08. The number of hydrogen-bond acceptors (Lipinski definition) is 4. The molecule has 0 spiro atoms. The first-order valence-corrected chi connectivity index (χ1v) is 5.19. The van der Waals surface area contributed by atoms with E-state index in [1.54, 1.807) is 0 Å². The molecule has 0 aliphatic heterocycles. The number of amidine groups is 1. The van der Waals surface area contributed by atoms with Crippen LogP contribution in [0.3, 0.4) is 0 Å². The quantitative estimate of drug-likeness (QED) is 0.296. The zero-order chi connectivity index (χ0) is 11.8. The van der Waals surface area contributed by atoms with Crippen LogP contribution in [0.1, 0.15) is 13.3 Å². The zero-order valence-corrected chi connectivity index (χ0v) is 9.31. The van der Waals surface area contributed by atoms with Crippen molar-refractivity contribution in [2.24, 2.45) is 10.9 Å². The average molecular weight is 223 g/mol. The fourth-order valence-corrected chi connectivity index (χ4v) is 1.25. The van der Waals surface area contributed by atoms with Crippen molar-refractivity contribution in [2.45, 2.75) is 13.3 Å². The Labute approximate surface area is 94.9 Å². The van der Waals surface area contributed by atoms with E-state index in [-0.39, 0.29) is 5.84 Å². The first kappa shape index (κ1) is 12.2. The highest BCUT2D eigenvalue weighted by atomic mass is 16.5. The van der Waals surface area contributed by atoms with Gasteiger partial charge in [0, 0.05) is 24.7 Å². The molecule has 0 radical (unpaired) electrons. The van der Waals surface area contributed by atoms with Crippen molar-refractivity contribution in [1.82, 2.24) is 0 Å². The van der Waals surface area contributed by atoms with Crippen molar-refractivity contribution in [3.8, 4) is 5.75 Å². The summed E-state index contributed by atoms with van der Waals surface area (Å²) in [7, 11) is 0. The molecule has 0 unspecified atom stereocenters. The lowest BCUT2D eigenvalue weighted by atomic mass is 10.3. The van der Waals surface area contributed by atoms with Crippen LogP contribution in [0.25, 0.3) is 0 Å². The number of nitrogens with zero attached hydrogens (tertiary/aromatic N) is 1. The van der Waals surface area contributed by atoms with Crippen LogP contribution in [0.2, 0.25) is 0 Å². The molecule has 0 fully saturated rings. The number of hydrogen-bond donors (Lipinski definition) is 3. The fraction of sp³-hybridized carbons (Fsp3) is 0.364. The second-order valence-electron chi connectivity index (χ2n) is 3.23. The maximum Gasteiger partial charge on any atom is 0.140 e. The minimum absolute atomic E-state index is 0.216. The molecule has 1 aromatic carbocycles. The zero-order valence-electron chi connectivity index (χ0n) is 9.31. The van der Waals surface area contributed by atoms with Gasteiger partial charge in [0.05, 0.1) is 6.61 Å². The molecule has 0 aromatic heterocycles. The Kier molecular flexibility index (Phi) is 4.98. The normalized spacial score (nSPS) is 11.2. The third-order valence-electron chi connectivity index (χ3n) is 1.98. The Morgan fingerprint density at radius 2 is 2.38 bits per heavy atom. The van der Waals surface area contributed by atoms with Gasteiger partial charge in [0.15, 0.2) is 0 Å². The number of oxime groups is 1. The van der Waals surface area contributed by atoms with E-state index in [1.165, 1.54) is 0 Å². The van der Waals surface area contributed by atoms with Crippen LogP contribution < -0.4 is 15.8 Å². The van der Waals surface area contributed by atoms with Gasteiger partial charge in [0.1, 0.15) is 11.6 Å². The van der Waals surface area contributed by atoms with Crippen LogP contribution in [-0.4, -0.2) is 24.2 Å². The average Bonchev–Trinajstić information content (AvgIpc) is 2.30. The predicted molar refractivity (Wildman–Crippen MR) is 64.1 cm³/mol. The van der Waals surface area contributed by atoms with Crippen LogP contribution >= 0.6 is 0 Å². The van der Waals surface area contributed by atoms with Gasteiger partial charge in [-0.1, -0.05) is 11.2 Å². The first-order chi connectivity index (χ1) is 7.76. The van der Waals surface area contributed by atoms with Gasteiger partial charge in [0.2, 0.25) is 0 Å². The highest BCUT2D eigenvalue weighted by Crippen LogP contribution is 2.16. The Morgan fingerprint density at radius 3 is 3.06 bits per heavy atom. The monoisotopic (exact) mass is 223 g/mol. The van der Waals surface area contributed by atoms with E-state index in [1.807, 2.05) is 31.2 Å². The summed E-state index contributed by atoms with van der Waals surface area (Å²) in [5.74, 6) is 1.05. The number of nitrogens with two attached hydrogens (primary N) is 1. The molecule has 0 aliphatic rings. The third-order valence-corrected chi connectivity index (χ3v) is 1.98. The second-order valence-corrected chi connectivity index (χ2v) is 3.23. The molecule has 0 atom stereocenters. The van der Waals surface area contributed by atoms with Gasteiger partial charge in [-0.15, -0.1) is 0 Å². The molecule has 5 heteroatoms. The van der Waals surface area contributed by atoms with E-state index >= 15 is 0 Å². The van der Waals surface area contributed by atoms with Gasteiger partial charge in [-0.2, -0.15) is 0 Å². The minimum atomic E-state index is 0.216. The summed E-state index contributed by atoms with van der Waals surface area (Å²) < 4.78 is 5.37. The maximum absolute atomic E-state index is 8.36. The van der Waals surface area contributed by atoms with Crippen molar-refractivity contribution in [2.75, 3.05) is 18.5 Å². The smallest absolute Gasteiger partial charge is 0.140 e. The molecular formula is C11H17N3O2. The molecule has 16 heavy (non-hydrogen) atoms. The van der Waals surface area contributed by atoms with Gasteiger partial charge < -0.3 is 21.0 Å². The molecule has 1 rings (SSSR count). The van der Waals surface area contributed by atoms with Gasteiger partial charge in [0.25, 0.3) is 0 Å². The molecule has 0 saturated heterocycles. The van der Waals surface area contributed by atoms with Gasteiger partial charge in [-0.3, -0.25) is 0 Å². The van der Waals surface area contributed by atoms with Crippen LogP contribution in [0.15, 0.2) is 29.4 Å². The van der Waals surface area contributed by atoms with Crippen molar-refractivity contribution < 1.29 is 9.94 Å². The van der Waals surface area contributed by atoms with E-state index < -0.39 is 0 Å². The van der Waals surface area contributed by atoms with E-state index in [4.69, 9.17) is 15.7 Å². The summed E-state index contributed by atoms with van der Waals surface area (Å²) in [6, 6.07) is 7.67. The van der Waals surface area contributed by atoms with Gasteiger partial charge in [-0.25, -0.2) is 0 Å². The summed E-state index contributed by atoms with van der Waals surface area (Å²) in [4.78, 5) is 0. The van der Waals surface area contributed by atoms with Crippen molar-refractivity contribution >= 4 is 11.5 Å². The molecule has 4 N–H and O–H groups in total. The second kappa shape index (κ2) is 6.55. The molecule has 0 heterocycles. The molecule has 0 bridgehead atoms. The predicted octanol–water partition coefficient (Wildman–Crippen LogP) is 1.63. The lowest BCUT2D eigenvalue weighted by Crippen LogP contribution is -2.16. The van der Waals surface area contributed by atoms with Gasteiger partial charge in [-0.05, 0) is 19.1 Å². The Hall–Kier alpha value is -1.91. The third kappa shape index (κ3) is 4.08. The molecule has 0 saturated carbocycles. The number of rotatable bonds is 6. The molecule has 0 amide bonds. The first-order valence-electron chi connectivity index (χ1n) is 5.19. The molecule has 5 nitrogen and oxygen atoms in total. The summed E-state index contributed by atoms with van der Waals surface area (Å²) in [5, 5.41) is 14.4. The highest BCUT2D eigenvalue weighted by molar-refractivity contribution is 5.80. The Morgan fingerprint density at radius 1 is 1.56 bits per heavy atom. The Balaban J connectivity index is 2.44. The summed E-state index contributed by atoms with van der Waals surface area (Å²) >= 11 is 0. The highest BCUT2D eigenvalue weighted by Gasteiger charge is 1.97. The fourth-order valence-electron chi connectivity index (χ4n) is 1.25. The molecule has 1 aromatic rings. The topological polar surface area (TPSA) is 79.9 Å². The van der Waals surface area contributed by atoms with E-state index in [2.05, 4.69) is 10.5 Å². The molecule has 0 aliphatic carbocycles. The maximum atomic E-state index is 8.36. The largest absolute Gasteiger partial charge is 0.494 e. The van der Waals surface area contributed by atoms with Crippen LogP contribution in [0, 0.1) is 0 Å². The van der Waals surface area contributed by atoms with E-state index in [9.17, 15) is 0 Å². The van der Waals surface area contributed by atoms with Crippen LogP contribution in [0.4, 0.5) is 5.69 Å². The molecule has 88 valence electrons. The number of ether oxygens (including phenoxy) is 1. The van der Waals surface area contributed by atoms with E-state index in [0.717, 1.165) is 11.4 Å².